The largest absolute Gasteiger partial charge is 0.365 e. The van der Waals surface area contributed by atoms with Crippen molar-refractivity contribution >= 4 is 41.0 Å². The van der Waals surface area contributed by atoms with Gasteiger partial charge in [-0.3, -0.25) is 10.1 Å². The van der Waals surface area contributed by atoms with Crippen molar-refractivity contribution in [3.05, 3.63) is 64.3 Å². The molecule has 3 rings (SSSR count). The molecule has 0 fully saturated rings. The molecule has 3 aromatic rings. The molecule has 1 heterocycles. The highest BCUT2D eigenvalue weighted by atomic mass is 35.5. The molecule has 132 valence electrons. The summed E-state index contributed by atoms with van der Waals surface area (Å²) in [6.45, 7) is 0. The van der Waals surface area contributed by atoms with Crippen molar-refractivity contribution in [3.63, 3.8) is 0 Å². The van der Waals surface area contributed by atoms with Crippen molar-refractivity contribution in [2.75, 3.05) is 5.32 Å². The van der Waals surface area contributed by atoms with Gasteiger partial charge in [0.1, 0.15) is 5.56 Å². The minimum Gasteiger partial charge on any atom is -0.365 e. The number of urea groups is 1. The van der Waals surface area contributed by atoms with Gasteiger partial charge in [0.15, 0.2) is 5.82 Å². The number of amides is 3. The highest BCUT2D eigenvalue weighted by molar-refractivity contribution is 6.43. The lowest BCUT2D eigenvalue weighted by atomic mass is 10.1. The van der Waals surface area contributed by atoms with Crippen molar-refractivity contribution in [1.82, 2.24) is 9.78 Å². The Morgan fingerprint density at radius 3 is 2.35 bits per heavy atom. The smallest absolute Gasteiger partial charge is 0.317 e. The lowest BCUT2D eigenvalue weighted by Crippen LogP contribution is -2.22. The van der Waals surface area contributed by atoms with Crippen molar-refractivity contribution < 1.29 is 9.59 Å². The van der Waals surface area contributed by atoms with Gasteiger partial charge < -0.3 is 11.5 Å². The molecule has 0 radical (unpaired) electrons. The van der Waals surface area contributed by atoms with E-state index in [9.17, 15) is 9.59 Å². The van der Waals surface area contributed by atoms with Crippen molar-refractivity contribution in [1.29, 1.82) is 0 Å². The summed E-state index contributed by atoms with van der Waals surface area (Å²) in [5, 5.41) is 7.33. The Morgan fingerprint density at radius 1 is 1.04 bits per heavy atom. The summed E-state index contributed by atoms with van der Waals surface area (Å²) in [5.41, 5.74) is 12.7. The first-order valence-electron chi connectivity index (χ1n) is 7.37. The maximum atomic E-state index is 11.5. The Balaban J connectivity index is 1.97. The third-order valence-corrected chi connectivity index (χ3v) is 4.43. The fourth-order valence-corrected chi connectivity index (χ4v) is 2.83. The Bertz CT molecular complexity index is 999. The molecule has 0 unspecified atom stereocenters. The third-order valence-electron chi connectivity index (χ3n) is 3.62. The average molecular weight is 390 g/mol. The molecule has 0 bridgehead atoms. The zero-order valence-corrected chi connectivity index (χ0v) is 14.8. The predicted octanol–water partition coefficient (Wildman–Crippen LogP) is 3.44. The Morgan fingerprint density at radius 2 is 1.73 bits per heavy atom. The molecule has 7 nitrogen and oxygen atoms in total. The number of nitrogens with zero attached hydrogens (tertiary/aromatic N) is 2. The van der Waals surface area contributed by atoms with E-state index in [1.807, 2.05) is 24.3 Å². The van der Waals surface area contributed by atoms with Crippen LogP contribution in [0.1, 0.15) is 10.4 Å². The fraction of sp³-hybridized carbons (Fsp3) is 0. The van der Waals surface area contributed by atoms with E-state index in [0.29, 0.717) is 15.7 Å². The van der Waals surface area contributed by atoms with Crippen LogP contribution in [0.15, 0.2) is 48.7 Å². The molecule has 0 saturated carbocycles. The Kier molecular flexibility index (Phi) is 4.83. The van der Waals surface area contributed by atoms with E-state index in [1.54, 1.807) is 18.2 Å². The third kappa shape index (κ3) is 3.49. The molecule has 2 aromatic carbocycles. The molecule has 5 N–H and O–H groups in total. The number of nitrogens with two attached hydrogens (primary N) is 2. The number of nitrogens with one attached hydrogen (secondary N) is 1. The number of hydrogen-bond acceptors (Lipinski definition) is 3. The van der Waals surface area contributed by atoms with Gasteiger partial charge in [-0.1, -0.05) is 47.5 Å². The first-order valence-corrected chi connectivity index (χ1v) is 8.13. The highest BCUT2D eigenvalue weighted by Gasteiger charge is 2.16. The predicted molar refractivity (Wildman–Crippen MR) is 101 cm³/mol. The van der Waals surface area contributed by atoms with E-state index < -0.39 is 11.9 Å². The van der Waals surface area contributed by atoms with Crippen LogP contribution in [-0.2, 0) is 0 Å². The van der Waals surface area contributed by atoms with Crippen LogP contribution in [0.4, 0.5) is 10.6 Å². The summed E-state index contributed by atoms with van der Waals surface area (Å²) in [5.74, 6) is -0.741. The molecule has 0 aliphatic rings. The second kappa shape index (κ2) is 7.07. The van der Waals surface area contributed by atoms with E-state index in [0.717, 1.165) is 11.1 Å². The van der Waals surface area contributed by atoms with Gasteiger partial charge in [0.2, 0.25) is 0 Å². The van der Waals surface area contributed by atoms with Gasteiger partial charge in [0.25, 0.3) is 5.91 Å². The number of halogens is 2. The molecule has 0 atom stereocenters. The first-order chi connectivity index (χ1) is 12.4. The Hall–Kier alpha value is -3.03. The molecule has 9 heteroatoms. The first kappa shape index (κ1) is 17.8. The number of aromatic nitrogens is 2. The maximum Gasteiger partial charge on any atom is 0.317 e. The van der Waals surface area contributed by atoms with E-state index in [-0.39, 0.29) is 11.4 Å². The van der Waals surface area contributed by atoms with Gasteiger partial charge in [-0.2, -0.15) is 0 Å². The van der Waals surface area contributed by atoms with Crippen LogP contribution >= 0.6 is 23.2 Å². The molecular formula is C17H13Cl2N5O2. The number of hydrogen-bond donors (Lipinski definition) is 3. The van der Waals surface area contributed by atoms with Crippen LogP contribution in [0.3, 0.4) is 0 Å². The summed E-state index contributed by atoms with van der Waals surface area (Å²) < 4.78 is 1.41. The normalized spacial score (nSPS) is 10.5. The molecule has 26 heavy (non-hydrogen) atoms. The fourth-order valence-electron chi connectivity index (χ4n) is 2.42. The quantitative estimate of drug-likeness (QED) is 0.634. The summed E-state index contributed by atoms with van der Waals surface area (Å²) in [7, 11) is 0. The van der Waals surface area contributed by atoms with Crippen molar-refractivity contribution in [2.24, 2.45) is 11.5 Å². The average Bonchev–Trinajstić information content (AvgIpc) is 3.01. The molecule has 0 aliphatic carbocycles. The minimum atomic E-state index is -0.844. The second-order valence-corrected chi connectivity index (χ2v) is 6.12. The van der Waals surface area contributed by atoms with Crippen molar-refractivity contribution in [2.45, 2.75) is 0 Å². The number of carbonyl (C=O) groups excluding carboxylic acids is 2. The lowest BCUT2D eigenvalue weighted by Gasteiger charge is -2.07. The molecule has 1 aromatic heterocycles. The molecular weight excluding hydrogens is 377 g/mol. The lowest BCUT2D eigenvalue weighted by molar-refractivity contribution is 0.100. The molecule has 0 aliphatic heterocycles. The highest BCUT2D eigenvalue weighted by Crippen LogP contribution is 2.33. The maximum absolute atomic E-state index is 11.5. The van der Waals surface area contributed by atoms with Gasteiger partial charge in [-0.05, 0) is 23.8 Å². The number of rotatable bonds is 4. The zero-order chi connectivity index (χ0) is 18.8. The number of benzene rings is 2. The minimum absolute atomic E-state index is 0.00744. The van der Waals surface area contributed by atoms with E-state index >= 15 is 0 Å². The summed E-state index contributed by atoms with van der Waals surface area (Å²) in [6.07, 6.45) is 1.41. The Labute approximate surface area is 158 Å². The van der Waals surface area contributed by atoms with E-state index in [4.69, 9.17) is 34.7 Å². The van der Waals surface area contributed by atoms with Crippen LogP contribution < -0.4 is 16.8 Å². The number of carbonyl (C=O) groups is 2. The zero-order valence-electron chi connectivity index (χ0n) is 13.2. The standard InChI is InChI=1S/C17H13Cl2N5O2/c18-13-3-1-2-11(14(13)19)9-4-6-10(7-5-9)24-8-12(15(20)25)16(23-24)22-17(21)26/h1-8H,(H2,20,25)(H3,21,22,23,26). The van der Waals surface area contributed by atoms with E-state index in [1.165, 1.54) is 10.9 Å². The van der Waals surface area contributed by atoms with Crippen LogP contribution in [0.5, 0.6) is 0 Å². The van der Waals surface area contributed by atoms with Gasteiger partial charge in [0.05, 0.1) is 15.7 Å². The topological polar surface area (TPSA) is 116 Å². The van der Waals surface area contributed by atoms with E-state index in [2.05, 4.69) is 10.4 Å². The van der Waals surface area contributed by atoms with Crippen LogP contribution in [0, 0.1) is 0 Å². The summed E-state index contributed by atoms with van der Waals surface area (Å²) >= 11 is 12.3. The van der Waals surface area contributed by atoms with Gasteiger partial charge in [0, 0.05) is 11.8 Å². The summed E-state index contributed by atoms with van der Waals surface area (Å²) in [6, 6.07) is 11.8. The van der Waals surface area contributed by atoms with Crippen LogP contribution in [-0.4, -0.2) is 21.7 Å². The van der Waals surface area contributed by atoms with Crippen LogP contribution in [0.25, 0.3) is 16.8 Å². The monoisotopic (exact) mass is 389 g/mol. The van der Waals surface area contributed by atoms with Gasteiger partial charge in [-0.15, -0.1) is 5.10 Å². The second-order valence-electron chi connectivity index (χ2n) is 5.34. The molecule has 0 saturated heterocycles. The van der Waals surface area contributed by atoms with Gasteiger partial charge in [-0.25, -0.2) is 9.48 Å². The molecule has 0 spiro atoms. The number of primary amides is 2. The SMILES string of the molecule is NC(=O)Nc1nn(-c2ccc(-c3cccc(Cl)c3Cl)cc2)cc1C(N)=O. The number of anilines is 1. The van der Waals surface area contributed by atoms with Crippen molar-refractivity contribution in [3.8, 4) is 16.8 Å². The van der Waals surface area contributed by atoms with Crippen LogP contribution in [0.2, 0.25) is 10.0 Å². The molecule has 3 amide bonds. The van der Waals surface area contributed by atoms with Gasteiger partial charge >= 0.3 is 6.03 Å². The summed E-state index contributed by atoms with van der Waals surface area (Å²) in [4.78, 5) is 22.5.